The van der Waals surface area contributed by atoms with Crippen molar-refractivity contribution in [1.29, 1.82) is 0 Å². The van der Waals surface area contributed by atoms with E-state index in [0.717, 1.165) is 77.3 Å². The highest BCUT2D eigenvalue weighted by Gasteiger charge is 2.20. The second kappa shape index (κ2) is 10.7. The predicted octanol–water partition coefficient (Wildman–Crippen LogP) is 11.8. The average Bonchev–Trinajstić information content (AvgIpc) is 3.87. The Morgan fingerprint density at radius 3 is 1.80 bits per heavy atom. The van der Waals surface area contributed by atoms with E-state index in [9.17, 15) is 0 Å². The van der Waals surface area contributed by atoms with Crippen LogP contribution in [0.2, 0.25) is 0 Å². The molecule has 0 N–H and O–H groups in total. The van der Waals surface area contributed by atoms with Gasteiger partial charge >= 0.3 is 0 Å². The molecule has 0 fully saturated rings. The molecule has 0 aliphatic heterocycles. The molecule has 0 saturated heterocycles. The van der Waals surface area contributed by atoms with Crippen LogP contribution < -0.4 is 0 Å². The predicted molar refractivity (Wildman–Crippen MR) is 205 cm³/mol. The highest BCUT2D eigenvalue weighted by molar-refractivity contribution is 6.13. The van der Waals surface area contributed by atoms with Gasteiger partial charge in [-0.25, -0.2) is 15.0 Å². The van der Waals surface area contributed by atoms with Crippen LogP contribution in [0.25, 0.3) is 106 Å². The Labute approximate surface area is 290 Å². The maximum absolute atomic E-state index is 6.59. The minimum atomic E-state index is 0.579. The summed E-state index contributed by atoms with van der Waals surface area (Å²) < 4.78 is 15.0. The Morgan fingerprint density at radius 1 is 0.373 bits per heavy atom. The molecule has 0 unspecified atom stereocenters. The van der Waals surface area contributed by atoms with Gasteiger partial charge < -0.3 is 13.4 Å². The van der Waals surface area contributed by atoms with Gasteiger partial charge in [-0.15, -0.1) is 0 Å². The molecule has 11 rings (SSSR count). The van der Waals surface area contributed by atoms with E-state index >= 15 is 0 Å². The van der Waals surface area contributed by atoms with E-state index in [4.69, 9.17) is 23.8 Å². The molecule has 6 heteroatoms. The largest absolute Gasteiger partial charge is 0.456 e. The van der Waals surface area contributed by atoms with Crippen molar-refractivity contribution in [2.45, 2.75) is 0 Å². The molecule has 11 aromatic rings. The van der Waals surface area contributed by atoms with Crippen LogP contribution in [0.3, 0.4) is 0 Å². The van der Waals surface area contributed by atoms with Crippen LogP contribution in [-0.2, 0) is 0 Å². The first kappa shape index (κ1) is 27.9. The summed E-state index contributed by atoms with van der Waals surface area (Å²) in [7, 11) is 0. The van der Waals surface area contributed by atoms with Gasteiger partial charge in [-0.3, -0.25) is 0 Å². The topological polar surface area (TPSA) is 69.9 Å². The number of fused-ring (bicyclic) bond motifs is 9. The molecule has 0 spiro atoms. The Morgan fingerprint density at radius 2 is 1.00 bits per heavy atom. The van der Waals surface area contributed by atoms with E-state index in [2.05, 4.69) is 89.5 Å². The van der Waals surface area contributed by atoms with Gasteiger partial charge in [-0.1, -0.05) is 97.1 Å². The van der Waals surface area contributed by atoms with Crippen molar-refractivity contribution in [2.24, 2.45) is 0 Å². The molecule has 0 amide bonds. The Hall–Kier alpha value is -7.05. The van der Waals surface area contributed by atoms with Crippen molar-refractivity contribution in [3.63, 3.8) is 0 Å². The molecule has 0 radical (unpaired) electrons. The van der Waals surface area contributed by atoms with Crippen LogP contribution in [0.1, 0.15) is 0 Å². The maximum atomic E-state index is 6.59. The van der Waals surface area contributed by atoms with Gasteiger partial charge in [0.2, 0.25) is 0 Å². The number of furan rings is 2. The van der Waals surface area contributed by atoms with E-state index < -0.39 is 0 Å². The van der Waals surface area contributed by atoms with E-state index in [1.54, 1.807) is 0 Å². The molecule has 0 bridgehead atoms. The van der Waals surface area contributed by atoms with E-state index in [0.29, 0.717) is 17.5 Å². The molecule has 4 aromatic heterocycles. The third-order valence-corrected chi connectivity index (χ3v) is 9.86. The summed E-state index contributed by atoms with van der Waals surface area (Å²) in [4.78, 5) is 15.2. The van der Waals surface area contributed by atoms with Gasteiger partial charge in [0.1, 0.15) is 22.3 Å². The fourth-order valence-electron chi connectivity index (χ4n) is 7.55. The first-order valence-electron chi connectivity index (χ1n) is 16.9. The molecular weight excluding hydrogens is 629 g/mol. The number of rotatable bonds is 4. The first-order chi connectivity index (χ1) is 25.3. The molecule has 6 nitrogen and oxygen atoms in total. The standard InChI is InChI=1S/C45H26N4O2/c1-2-11-27(12-3-1)43-46-44(28-21-24-39-35(25-28)32-15-6-9-19-38(32)50-39)48-45(47-43)34-16-10-20-40-42(34)33-23-22-29(26-41(33)51-40)49-36-17-7-4-13-30(36)31-14-5-8-18-37(31)49/h1-26H. The molecule has 238 valence electrons. The lowest BCUT2D eigenvalue weighted by molar-refractivity contribution is 0.668. The minimum absolute atomic E-state index is 0.579. The SMILES string of the molecule is c1ccc(-c2nc(-c3ccc4oc5ccccc5c4c3)nc(-c3cccc4oc5cc(-n6c7ccccc7c7ccccc76)ccc5c34)n2)cc1. The van der Waals surface area contributed by atoms with Crippen LogP contribution >= 0.6 is 0 Å². The number of benzene rings is 7. The summed E-state index contributed by atoms with van der Waals surface area (Å²) in [6, 6.07) is 53.9. The van der Waals surface area contributed by atoms with Crippen LogP contribution in [0.5, 0.6) is 0 Å². The Bertz CT molecular complexity index is 3100. The van der Waals surface area contributed by atoms with Crippen LogP contribution in [-0.4, -0.2) is 19.5 Å². The normalized spacial score (nSPS) is 11.9. The Kier molecular flexibility index (Phi) is 5.86. The maximum Gasteiger partial charge on any atom is 0.164 e. The molecular formula is C45H26N4O2. The average molecular weight is 655 g/mol. The highest BCUT2D eigenvalue weighted by Crippen LogP contribution is 2.39. The summed E-state index contributed by atoms with van der Waals surface area (Å²) >= 11 is 0. The van der Waals surface area contributed by atoms with Gasteiger partial charge in [0.25, 0.3) is 0 Å². The third kappa shape index (κ3) is 4.26. The quantitative estimate of drug-likeness (QED) is 0.189. The van der Waals surface area contributed by atoms with Crippen molar-refractivity contribution in [3.8, 4) is 39.9 Å². The fraction of sp³-hybridized carbons (Fsp3) is 0. The second-order valence-corrected chi connectivity index (χ2v) is 12.8. The molecule has 4 heterocycles. The van der Waals surface area contributed by atoms with Gasteiger partial charge in [-0.05, 0) is 54.6 Å². The van der Waals surface area contributed by atoms with E-state index in [-0.39, 0.29) is 0 Å². The summed E-state index contributed by atoms with van der Waals surface area (Å²) in [6.07, 6.45) is 0. The molecule has 7 aromatic carbocycles. The number of hydrogen-bond acceptors (Lipinski definition) is 5. The number of nitrogens with zero attached hydrogens (tertiary/aromatic N) is 4. The summed E-state index contributed by atoms with van der Waals surface area (Å²) in [5.41, 5.74) is 9.28. The molecule has 0 aliphatic carbocycles. The van der Waals surface area contributed by atoms with Crippen LogP contribution in [0.4, 0.5) is 0 Å². The lowest BCUT2D eigenvalue weighted by Gasteiger charge is -2.09. The summed E-state index contributed by atoms with van der Waals surface area (Å²) in [5, 5.41) is 6.49. The smallest absolute Gasteiger partial charge is 0.164 e. The lowest BCUT2D eigenvalue weighted by atomic mass is 10.0. The second-order valence-electron chi connectivity index (χ2n) is 12.8. The third-order valence-electron chi connectivity index (χ3n) is 9.86. The molecule has 0 saturated carbocycles. The molecule has 0 aliphatic rings. The van der Waals surface area contributed by atoms with Gasteiger partial charge in [0, 0.05) is 60.8 Å². The van der Waals surface area contributed by atoms with Gasteiger partial charge in [-0.2, -0.15) is 0 Å². The monoisotopic (exact) mass is 654 g/mol. The van der Waals surface area contributed by atoms with Crippen LogP contribution in [0, 0.1) is 0 Å². The lowest BCUT2D eigenvalue weighted by Crippen LogP contribution is -2.00. The molecule has 0 atom stereocenters. The van der Waals surface area contributed by atoms with Crippen molar-refractivity contribution >= 4 is 65.7 Å². The number of aromatic nitrogens is 4. The fourth-order valence-corrected chi connectivity index (χ4v) is 7.55. The number of para-hydroxylation sites is 3. The summed E-state index contributed by atoms with van der Waals surface area (Å²) in [6.45, 7) is 0. The zero-order chi connectivity index (χ0) is 33.5. The van der Waals surface area contributed by atoms with Crippen LogP contribution in [0.15, 0.2) is 167 Å². The first-order valence-corrected chi connectivity index (χ1v) is 16.9. The summed E-state index contributed by atoms with van der Waals surface area (Å²) in [5.74, 6) is 1.77. The van der Waals surface area contributed by atoms with Crippen molar-refractivity contribution < 1.29 is 8.83 Å². The zero-order valence-corrected chi connectivity index (χ0v) is 27.1. The highest BCUT2D eigenvalue weighted by atomic mass is 16.3. The van der Waals surface area contributed by atoms with Gasteiger partial charge in [0.15, 0.2) is 17.5 Å². The zero-order valence-electron chi connectivity index (χ0n) is 27.1. The van der Waals surface area contributed by atoms with Gasteiger partial charge in [0.05, 0.1) is 11.0 Å². The van der Waals surface area contributed by atoms with E-state index in [1.807, 2.05) is 72.8 Å². The van der Waals surface area contributed by atoms with Crippen molar-refractivity contribution in [1.82, 2.24) is 19.5 Å². The number of hydrogen-bond donors (Lipinski definition) is 0. The Balaban J connectivity index is 1.12. The minimum Gasteiger partial charge on any atom is -0.456 e. The van der Waals surface area contributed by atoms with Crippen molar-refractivity contribution in [3.05, 3.63) is 158 Å². The van der Waals surface area contributed by atoms with Crippen molar-refractivity contribution in [2.75, 3.05) is 0 Å². The molecule has 51 heavy (non-hydrogen) atoms. The van der Waals surface area contributed by atoms with E-state index in [1.165, 1.54) is 10.8 Å².